The van der Waals surface area contributed by atoms with Gasteiger partial charge in [-0.15, -0.1) is 11.3 Å². The molecule has 1 aliphatic carbocycles. The summed E-state index contributed by atoms with van der Waals surface area (Å²) in [6.45, 7) is 0. The predicted octanol–water partition coefficient (Wildman–Crippen LogP) is 4.72. The third-order valence-corrected chi connectivity index (χ3v) is 5.72. The Kier molecular flexibility index (Phi) is 4.36. The van der Waals surface area contributed by atoms with Gasteiger partial charge < -0.3 is 10.1 Å². The van der Waals surface area contributed by atoms with Crippen LogP contribution in [0.1, 0.15) is 34.9 Å². The van der Waals surface area contributed by atoms with Crippen molar-refractivity contribution in [1.82, 2.24) is 0 Å². The van der Waals surface area contributed by atoms with Gasteiger partial charge in [0.05, 0.1) is 33.4 Å². The standard InChI is InChI=1S/C16H15IN2OS/c1-20-14-7-10(9-18)5-6-13(14)19-12-3-2-4-15-11(12)8-16(17)21-15/h5-8,12,19H,2-4H2,1H3. The van der Waals surface area contributed by atoms with Crippen LogP contribution in [0, 0.1) is 14.2 Å². The van der Waals surface area contributed by atoms with Crippen LogP contribution in [-0.4, -0.2) is 7.11 Å². The van der Waals surface area contributed by atoms with Crippen LogP contribution in [0.15, 0.2) is 24.3 Å². The zero-order chi connectivity index (χ0) is 14.8. The average molecular weight is 410 g/mol. The van der Waals surface area contributed by atoms with Gasteiger partial charge in [0.1, 0.15) is 5.75 Å². The maximum Gasteiger partial charge on any atom is 0.143 e. The zero-order valence-electron chi connectivity index (χ0n) is 11.6. The summed E-state index contributed by atoms with van der Waals surface area (Å²) in [6, 6.07) is 10.3. The maximum atomic E-state index is 8.98. The van der Waals surface area contributed by atoms with E-state index >= 15 is 0 Å². The van der Waals surface area contributed by atoms with Crippen LogP contribution < -0.4 is 10.1 Å². The first-order valence-corrected chi connectivity index (χ1v) is 8.73. The molecule has 5 heteroatoms. The molecule has 0 saturated heterocycles. The number of fused-ring (bicyclic) bond motifs is 1. The first-order chi connectivity index (χ1) is 10.2. The monoisotopic (exact) mass is 410 g/mol. The van der Waals surface area contributed by atoms with Crippen LogP contribution >= 0.6 is 33.9 Å². The number of aryl methyl sites for hydroxylation is 1. The largest absolute Gasteiger partial charge is 0.495 e. The van der Waals surface area contributed by atoms with Crippen LogP contribution in [-0.2, 0) is 6.42 Å². The first kappa shape index (κ1) is 14.7. The SMILES string of the molecule is COc1cc(C#N)ccc1NC1CCCc2sc(I)cc21. The fourth-order valence-corrected chi connectivity index (χ4v) is 4.86. The number of nitrogens with one attached hydrogen (secondary N) is 1. The highest BCUT2D eigenvalue weighted by atomic mass is 127. The van der Waals surface area contributed by atoms with E-state index in [9.17, 15) is 0 Å². The van der Waals surface area contributed by atoms with E-state index in [1.54, 1.807) is 13.2 Å². The van der Waals surface area contributed by atoms with Crippen molar-refractivity contribution >= 4 is 39.6 Å². The minimum atomic E-state index is 0.329. The fourth-order valence-electron chi connectivity index (χ4n) is 2.74. The lowest BCUT2D eigenvalue weighted by Gasteiger charge is -2.25. The second-order valence-electron chi connectivity index (χ2n) is 5.05. The number of thiophene rings is 1. The predicted molar refractivity (Wildman–Crippen MR) is 94.0 cm³/mol. The molecule has 0 fully saturated rings. The molecule has 1 aromatic carbocycles. The van der Waals surface area contributed by atoms with Crippen LogP contribution in [0.25, 0.3) is 0 Å². The maximum absolute atomic E-state index is 8.98. The first-order valence-electron chi connectivity index (χ1n) is 6.84. The van der Waals surface area contributed by atoms with Gasteiger partial charge in [0, 0.05) is 10.9 Å². The number of halogens is 1. The summed E-state index contributed by atoms with van der Waals surface area (Å²) in [5, 5.41) is 12.6. The number of hydrogen-bond acceptors (Lipinski definition) is 4. The number of ether oxygens (including phenoxy) is 1. The van der Waals surface area contributed by atoms with Crippen LogP contribution in [0.5, 0.6) is 5.75 Å². The Morgan fingerprint density at radius 2 is 2.29 bits per heavy atom. The Balaban J connectivity index is 1.89. The Bertz CT molecular complexity index is 705. The summed E-state index contributed by atoms with van der Waals surface area (Å²) < 4.78 is 6.76. The van der Waals surface area contributed by atoms with Crippen molar-refractivity contribution in [2.45, 2.75) is 25.3 Å². The van der Waals surface area contributed by atoms with Crippen molar-refractivity contribution in [3.8, 4) is 11.8 Å². The summed E-state index contributed by atoms with van der Waals surface area (Å²) in [5.41, 5.74) is 2.99. The highest BCUT2D eigenvalue weighted by molar-refractivity contribution is 14.1. The van der Waals surface area contributed by atoms with Crippen molar-refractivity contribution < 1.29 is 4.74 Å². The number of methoxy groups -OCH3 is 1. The van der Waals surface area contributed by atoms with Gasteiger partial charge in [-0.25, -0.2) is 0 Å². The van der Waals surface area contributed by atoms with Gasteiger partial charge in [-0.05, 0) is 65.6 Å². The molecule has 1 unspecified atom stereocenters. The summed E-state index contributed by atoms with van der Waals surface area (Å²) >= 11 is 4.29. The van der Waals surface area contributed by atoms with Crippen molar-refractivity contribution in [2.75, 3.05) is 12.4 Å². The number of anilines is 1. The number of nitrogens with zero attached hydrogens (tertiary/aromatic N) is 1. The van der Waals surface area contributed by atoms with E-state index in [-0.39, 0.29) is 0 Å². The molecule has 3 rings (SSSR count). The van der Waals surface area contributed by atoms with Crippen molar-refractivity contribution in [2.24, 2.45) is 0 Å². The lowest BCUT2D eigenvalue weighted by molar-refractivity contribution is 0.415. The normalized spacial score (nSPS) is 16.9. The minimum absolute atomic E-state index is 0.329. The molecule has 0 amide bonds. The molecular formula is C16H15IN2OS. The molecular weight excluding hydrogens is 395 g/mol. The van der Waals surface area contributed by atoms with Crippen molar-refractivity contribution in [3.63, 3.8) is 0 Å². The highest BCUT2D eigenvalue weighted by Crippen LogP contribution is 2.39. The van der Waals surface area contributed by atoms with E-state index in [1.165, 1.54) is 26.2 Å². The second-order valence-corrected chi connectivity index (χ2v) is 8.08. The second kappa shape index (κ2) is 6.24. The van der Waals surface area contributed by atoms with E-state index < -0.39 is 0 Å². The van der Waals surface area contributed by atoms with E-state index in [4.69, 9.17) is 10.00 Å². The third-order valence-electron chi connectivity index (χ3n) is 3.74. The molecule has 0 spiro atoms. The lowest BCUT2D eigenvalue weighted by Crippen LogP contribution is -2.16. The molecule has 0 saturated carbocycles. The zero-order valence-corrected chi connectivity index (χ0v) is 14.6. The fraction of sp³-hybridized carbons (Fsp3) is 0.312. The van der Waals surface area contributed by atoms with E-state index in [0.29, 0.717) is 11.6 Å². The molecule has 0 aliphatic heterocycles. The summed E-state index contributed by atoms with van der Waals surface area (Å²) in [7, 11) is 1.64. The molecule has 21 heavy (non-hydrogen) atoms. The van der Waals surface area contributed by atoms with Crippen molar-refractivity contribution in [1.29, 1.82) is 5.26 Å². The summed E-state index contributed by atoms with van der Waals surface area (Å²) in [5.74, 6) is 0.728. The topological polar surface area (TPSA) is 45.0 Å². The molecule has 1 aromatic heterocycles. The van der Waals surface area contributed by atoms with Gasteiger partial charge in [-0.1, -0.05) is 0 Å². The number of benzene rings is 1. The number of rotatable bonds is 3. The van der Waals surface area contributed by atoms with Gasteiger partial charge in [0.15, 0.2) is 0 Å². The van der Waals surface area contributed by atoms with Crippen LogP contribution in [0.2, 0.25) is 0 Å². The van der Waals surface area contributed by atoms with Crippen LogP contribution in [0.3, 0.4) is 0 Å². The highest BCUT2D eigenvalue weighted by Gasteiger charge is 2.23. The molecule has 1 N–H and O–H groups in total. The molecule has 0 bridgehead atoms. The molecule has 1 heterocycles. The quantitative estimate of drug-likeness (QED) is 0.745. The van der Waals surface area contributed by atoms with E-state index in [1.807, 2.05) is 23.5 Å². The van der Waals surface area contributed by atoms with E-state index in [2.05, 4.69) is 40.0 Å². The molecule has 0 radical (unpaired) electrons. The van der Waals surface area contributed by atoms with Gasteiger partial charge in [-0.2, -0.15) is 5.26 Å². The smallest absolute Gasteiger partial charge is 0.143 e. The Morgan fingerprint density at radius 3 is 3.05 bits per heavy atom. The Hall–Kier alpha value is -1.26. The summed E-state index contributed by atoms with van der Waals surface area (Å²) in [4.78, 5) is 1.50. The van der Waals surface area contributed by atoms with Gasteiger partial charge in [0.2, 0.25) is 0 Å². The average Bonchev–Trinajstić information content (AvgIpc) is 2.89. The third kappa shape index (κ3) is 3.01. The Morgan fingerprint density at radius 1 is 1.43 bits per heavy atom. The van der Waals surface area contributed by atoms with Crippen molar-refractivity contribution in [3.05, 3.63) is 43.2 Å². The molecule has 2 aromatic rings. The molecule has 1 atom stereocenters. The van der Waals surface area contributed by atoms with Gasteiger partial charge >= 0.3 is 0 Å². The molecule has 3 nitrogen and oxygen atoms in total. The van der Waals surface area contributed by atoms with E-state index in [0.717, 1.165) is 17.9 Å². The molecule has 108 valence electrons. The van der Waals surface area contributed by atoms with Gasteiger partial charge in [-0.3, -0.25) is 0 Å². The van der Waals surface area contributed by atoms with Crippen LogP contribution in [0.4, 0.5) is 5.69 Å². The van der Waals surface area contributed by atoms with Gasteiger partial charge in [0.25, 0.3) is 0 Å². The number of nitriles is 1. The minimum Gasteiger partial charge on any atom is -0.495 e. The lowest BCUT2D eigenvalue weighted by atomic mass is 9.94. The summed E-state index contributed by atoms with van der Waals surface area (Å²) in [6.07, 6.45) is 3.52. The Labute approximate surface area is 142 Å². The number of hydrogen-bond donors (Lipinski definition) is 1. The molecule has 1 aliphatic rings.